The molecule has 0 saturated heterocycles. The van der Waals surface area contributed by atoms with Crippen molar-refractivity contribution in [2.45, 2.75) is 19.4 Å². The number of hydrogen-bond donors (Lipinski definition) is 2. The smallest absolute Gasteiger partial charge is 0.258 e. The summed E-state index contributed by atoms with van der Waals surface area (Å²) in [5.41, 5.74) is 6.49. The van der Waals surface area contributed by atoms with E-state index < -0.39 is 5.91 Å². The number of halogens is 1. The minimum absolute atomic E-state index is 0.134. The zero-order valence-electron chi connectivity index (χ0n) is 13.3. The van der Waals surface area contributed by atoms with Gasteiger partial charge < -0.3 is 15.8 Å². The van der Waals surface area contributed by atoms with Gasteiger partial charge in [0.2, 0.25) is 0 Å². The van der Waals surface area contributed by atoms with E-state index in [0.717, 1.165) is 12.0 Å². The van der Waals surface area contributed by atoms with Gasteiger partial charge in [-0.2, -0.15) is 0 Å². The van der Waals surface area contributed by atoms with Crippen molar-refractivity contribution < 1.29 is 14.3 Å². The molecule has 0 aliphatic heterocycles. The number of para-hydroxylation sites is 1. The van der Waals surface area contributed by atoms with Crippen LogP contribution in [0.5, 0.6) is 5.75 Å². The Labute approximate surface area is 145 Å². The summed E-state index contributed by atoms with van der Waals surface area (Å²) in [6, 6.07) is 13.7. The van der Waals surface area contributed by atoms with Gasteiger partial charge in [-0.05, 0) is 36.2 Å². The van der Waals surface area contributed by atoms with Crippen LogP contribution in [0, 0.1) is 0 Å². The molecule has 0 fully saturated rings. The predicted octanol–water partition coefficient (Wildman–Crippen LogP) is 3.09. The summed E-state index contributed by atoms with van der Waals surface area (Å²) in [5, 5.41) is 3.54. The van der Waals surface area contributed by atoms with Gasteiger partial charge in [0, 0.05) is 5.02 Å². The molecule has 2 rings (SSSR count). The van der Waals surface area contributed by atoms with Crippen LogP contribution in [0.1, 0.15) is 35.3 Å². The van der Waals surface area contributed by atoms with E-state index in [1.54, 1.807) is 36.4 Å². The lowest BCUT2D eigenvalue weighted by atomic mass is 10.0. The van der Waals surface area contributed by atoms with Crippen molar-refractivity contribution in [2.24, 2.45) is 5.73 Å². The maximum absolute atomic E-state index is 12.1. The number of amides is 2. The first kappa shape index (κ1) is 17.8. The van der Waals surface area contributed by atoms with Crippen LogP contribution in [0.3, 0.4) is 0 Å². The molecule has 0 heterocycles. The number of hydrogen-bond acceptors (Lipinski definition) is 3. The van der Waals surface area contributed by atoms with Gasteiger partial charge >= 0.3 is 0 Å². The van der Waals surface area contributed by atoms with Crippen LogP contribution < -0.4 is 15.8 Å². The molecule has 0 aliphatic carbocycles. The van der Waals surface area contributed by atoms with Crippen LogP contribution in [0.25, 0.3) is 0 Å². The molecule has 1 atom stereocenters. The lowest BCUT2D eigenvalue weighted by Gasteiger charge is -2.18. The highest BCUT2D eigenvalue weighted by atomic mass is 35.5. The number of nitrogens with two attached hydrogens (primary N) is 1. The molecule has 1 unspecified atom stereocenters. The van der Waals surface area contributed by atoms with E-state index in [1.807, 2.05) is 19.1 Å². The van der Waals surface area contributed by atoms with E-state index in [1.165, 1.54) is 0 Å². The molecule has 24 heavy (non-hydrogen) atoms. The number of ether oxygens (including phenoxy) is 1. The minimum atomic E-state index is -0.599. The molecule has 0 aliphatic rings. The standard InChI is InChI=1S/C18H19ClN2O3/c1-2-15(12-7-9-13(19)10-8-12)21-17(22)11-24-16-6-4-3-5-14(16)18(20)23/h3-10,15H,2,11H2,1H3,(H2,20,23)(H,21,22). The van der Waals surface area contributed by atoms with Gasteiger partial charge in [-0.15, -0.1) is 0 Å². The Kier molecular flexibility index (Phi) is 6.21. The van der Waals surface area contributed by atoms with E-state index in [4.69, 9.17) is 22.1 Å². The summed E-state index contributed by atoms with van der Waals surface area (Å²) in [6.45, 7) is 1.77. The van der Waals surface area contributed by atoms with Crippen molar-refractivity contribution in [3.05, 3.63) is 64.7 Å². The summed E-state index contributed by atoms with van der Waals surface area (Å²) in [6.07, 6.45) is 0.727. The van der Waals surface area contributed by atoms with E-state index in [9.17, 15) is 9.59 Å². The van der Waals surface area contributed by atoms with E-state index in [-0.39, 0.29) is 24.1 Å². The maximum atomic E-state index is 12.1. The number of carbonyl (C=O) groups is 2. The van der Waals surface area contributed by atoms with E-state index in [2.05, 4.69) is 5.32 Å². The molecule has 2 aromatic rings. The van der Waals surface area contributed by atoms with Gasteiger partial charge in [0.25, 0.3) is 11.8 Å². The molecular formula is C18H19ClN2O3. The molecule has 0 bridgehead atoms. The van der Waals surface area contributed by atoms with Crippen molar-refractivity contribution >= 4 is 23.4 Å². The van der Waals surface area contributed by atoms with Crippen LogP contribution in [0.15, 0.2) is 48.5 Å². The zero-order valence-corrected chi connectivity index (χ0v) is 14.0. The Balaban J connectivity index is 1.97. The topological polar surface area (TPSA) is 81.4 Å². The largest absolute Gasteiger partial charge is 0.483 e. The molecule has 0 radical (unpaired) electrons. The molecule has 2 aromatic carbocycles. The van der Waals surface area contributed by atoms with Gasteiger partial charge in [0.15, 0.2) is 6.61 Å². The Morgan fingerprint density at radius 2 is 1.83 bits per heavy atom. The molecule has 2 amide bonds. The fourth-order valence-electron chi connectivity index (χ4n) is 2.29. The number of primary amides is 1. The van der Waals surface area contributed by atoms with Gasteiger partial charge in [0.05, 0.1) is 11.6 Å². The van der Waals surface area contributed by atoms with Gasteiger partial charge in [-0.3, -0.25) is 9.59 Å². The minimum Gasteiger partial charge on any atom is -0.483 e. The predicted molar refractivity (Wildman–Crippen MR) is 93.1 cm³/mol. The van der Waals surface area contributed by atoms with Crippen molar-refractivity contribution in [1.82, 2.24) is 5.32 Å². The highest BCUT2D eigenvalue weighted by Crippen LogP contribution is 2.20. The van der Waals surface area contributed by atoms with E-state index in [0.29, 0.717) is 10.8 Å². The third kappa shape index (κ3) is 4.73. The second kappa shape index (κ2) is 8.36. The monoisotopic (exact) mass is 346 g/mol. The number of benzene rings is 2. The summed E-state index contributed by atoms with van der Waals surface area (Å²) in [5.74, 6) is -0.589. The lowest BCUT2D eigenvalue weighted by Crippen LogP contribution is -2.32. The zero-order chi connectivity index (χ0) is 17.5. The Morgan fingerprint density at radius 1 is 1.17 bits per heavy atom. The highest BCUT2D eigenvalue weighted by molar-refractivity contribution is 6.30. The van der Waals surface area contributed by atoms with Crippen LogP contribution in [0.4, 0.5) is 0 Å². The fraction of sp³-hybridized carbons (Fsp3) is 0.222. The van der Waals surface area contributed by atoms with Crippen molar-refractivity contribution in [3.8, 4) is 5.75 Å². The third-order valence-corrected chi connectivity index (χ3v) is 3.78. The Morgan fingerprint density at radius 3 is 2.46 bits per heavy atom. The Bertz CT molecular complexity index is 716. The normalized spacial score (nSPS) is 11.6. The van der Waals surface area contributed by atoms with E-state index >= 15 is 0 Å². The summed E-state index contributed by atoms with van der Waals surface area (Å²) in [4.78, 5) is 23.5. The SMILES string of the molecule is CCC(NC(=O)COc1ccccc1C(N)=O)c1ccc(Cl)cc1. The number of nitrogens with one attached hydrogen (secondary N) is 1. The third-order valence-electron chi connectivity index (χ3n) is 3.53. The molecule has 0 spiro atoms. The van der Waals surface area contributed by atoms with Crippen molar-refractivity contribution in [1.29, 1.82) is 0 Å². The van der Waals surface area contributed by atoms with Crippen LogP contribution >= 0.6 is 11.6 Å². The average Bonchev–Trinajstić information content (AvgIpc) is 2.59. The molecule has 5 nitrogen and oxygen atoms in total. The second-order valence-corrected chi connectivity index (χ2v) is 5.67. The van der Waals surface area contributed by atoms with Crippen LogP contribution in [0.2, 0.25) is 5.02 Å². The first-order valence-electron chi connectivity index (χ1n) is 7.57. The lowest BCUT2D eigenvalue weighted by molar-refractivity contribution is -0.123. The first-order chi connectivity index (χ1) is 11.5. The quantitative estimate of drug-likeness (QED) is 0.808. The van der Waals surface area contributed by atoms with Crippen molar-refractivity contribution in [2.75, 3.05) is 6.61 Å². The summed E-state index contributed by atoms with van der Waals surface area (Å²) in [7, 11) is 0. The van der Waals surface area contributed by atoms with Crippen molar-refractivity contribution in [3.63, 3.8) is 0 Å². The number of carbonyl (C=O) groups excluding carboxylic acids is 2. The first-order valence-corrected chi connectivity index (χ1v) is 7.95. The average molecular weight is 347 g/mol. The maximum Gasteiger partial charge on any atom is 0.258 e. The molecule has 126 valence electrons. The molecule has 3 N–H and O–H groups in total. The molecule has 0 saturated carbocycles. The molecule has 0 aromatic heterocycles. The fourth-order valence-corrected chi connectivity index (χ4v) is 2.42. The highest BCUT2D eigenvalue weighted by Gasteiger charge is 2.14. The van der Waals surface area contributed by atoms with Crippen LogP contribution in [-0.4, -0.2) is 18.4 Å². The van der Waals surface area contributed by atoms with Crippen LogP contribution in [-0.2, 0) is 4.79 Å². The van der Waals surface area contributed by atoms with Gasteiger partial charge in [-0.1, -0.05) is 42.8 Å². The summed E-state index contributed by atoms with van der Waals surface area (Å²) >= 11 is 5.88. The number of rotatable bonds is 7. The summed E-state index contributed by atoms with van der Waals surface area (Å²) < 4.78 is 5.43. The Hall–Kier alpha value is -2.53. The second-order valence-electron chi connectivity index (χ2n) is 5.23. The molecule has 6 heteroatoms. The van der Waals surface area contributed by atoms with Gasteiger partial charge in [0.1, 0.15) is 5.75 Å². The van der Waals surface area contributed by atoms with Gasteiger partial charge in [-0.25, -0.2) is 0 Å². The molecular weight excluding hydrogens is 328 g/mol.